The monoisotopic (exact) mass is 305 g/mol. The van der Waals surface area contributed by atoms with Crippen LogP contribution in [-0.4, -0.2) is 26.5 Å². The molecular formula is C15H16FN3O3. The standard InChI is InChI=1S/C15H16FN3O3/c1-15(2,3)14(21)22-11-6-4-10(5-7-11)12(20)13(16)19-9-17-8-18-19/h4-9,13H,1-3H3. The molecule has 1 unspecified atom stereocenters. The Morgan fingerprint density at radius 1 is 1.23 bits per heavy atom. The number of ether oxygens (including phenoxy) is 1. The highest BCUT2D eigenvalue weighted by molar-refractivity contribution is 5.98. The van der Waals surface area contributed by atoms with Gasteiger partial charge < -0.3 is 4.74 Å². The highest BCUT2D eigenvalue weighted by Crippen LogP contribution is 2.21. The van der Waals surface area contributed by atoms with Gasteiger partial charge in [-0.2, -0.15) is 5.10 Å². The molecule has 1 atom stereocenters. The van der Waals surface area contributed by atoms with E-state index in [0.717, 1.165) is 17.3 Å². The first-order valence-corrected chi connectivity index (χ1v) is 6.64. The molecular weight excluding hydrogens is 289 g/mol. The van der Waals surface area contributed by atoms with Crippen LogP contribution in [0.25, 0.3) is 0 Å². The molecule has 0 saturated heterocycles. The predicted molar refractivity (Wildman–Crippen MR) is 76.0 cm³/mol. The van der Waals surface area contributed by atoms with Gasteiger partial charge in [0.2, 0.25) is 5.78 Å². The summed E-state index contributed by atoms with van der Waals surface area (Å²) in [7, 11) is 0. The van der Waals surface area contributed by atoms with Crippen LogP contribution in [0.4, 0.5) is 4.39 Å². The number of carbonyl (C=O) groups excluding carboxylic acids is 2. The largest absolute Gasteiger partial charge is 0.426 e. The molecule has 1 aromatic heterocycles. The number of aromatic nitrogens is 3. The number of hydrogen-bond acceptors (Lipinski definition) is 5. The topological polar surface area (TPSA) is 74.1 Å². The molecule has 1 heterocycles. The van der Waals surface area contributed by atoms with Crippen LogP contribution < -0.4 is 4.74 Å². The average Bonchev–Trinajstić information content (AvgIpc) is 2.99. The maximum atomic E-state index is 13.9. The molecule has 0 fully saturated rings. The average molecular weight is 305 g/mol. The zero-order chi connectivity index (χ0) is 16.3. The minimum Gasteiger partial charge on any atom is -0.426 e. The van der Waals surface area contributed by atoms with Gasteiger partial charge in [0.15, 0.2) is 0 Å². The molecule has 116 valence electrons. The van der Waals surface area contributed by atoms with E-state index >= 15 is 0 Å². The second-order valence-corrected chi connectivity index (χ2v) is 5.74. The summed E-state index contributed by atoms with van der Waals surface area (Å²) in [5, 5.41) is 3.59. The van der Waals surface area contributed by atoms with Crippen molar-refractivity contribution in [1.29, 1.82) is 0 Å². The summed E-state index contributed by atoms with van der Waals surface area (Å²) in [6.07, 6.45) is 0.335. The molecule has 1 aromatic carbocycles. The maximum Gasteiger partial charge on any atom is 0.316 e. The zero-order valence-corrected chi connectivity index (χ0v) is 12.5. The SMILES string of the molecule is CC(C)(C)C(=O)Oc1ccc(C(=O)C(F)n2cncn2)cc1. The van der Waals surface area contributed by atoms with E-state index in [1.54, 1.807) is 20.8 Å². The Bertz CT molecular complexity index is 660. The number of nitrogens with zero attached hydrogens (tertiary/aromatic N) is 3. The molecule has 0 aliphatic heterocycles. The lowest BCUT2D eigenvalue weighted by molar-refractivity contribution is -0.142. The Kier molecular flexibility index (Phi) is 4.35. The van der Waals surface area contributed by atoms with Crippen LogP contribution in [-0.2, 0) is 4.79 Å². The van der Waals surface area contributed by atoms with Gasteiger partial charge in [-0.3, -0.25) is 9.59 Å². The number of esters is 1. The maximum absolute atomic E-state index is 13.9. The van der Waals surface area contributed by atoms with Gasteiger partial charge in [-0.1, -0.05) is 0 Å². The number of rotatable bonds is 4. The first-order chi connectivity index (χ1) is 10.3. The lowest BCUT2D eigenvalue weighted by atomic mass is 9.97. The molecule has 7 heteroatoms. The summed E-state index contributed by atoms with van der Waals surface area (Å²) in [6.45, 7) is 5.21. The van der Waals surface area contributed by atoms with E-state index in [0.29, 0.717) is 5.75 Å². The first-order valence-electron chi connectivity index (χ1n) is 6.64. The molecule has 2 aromatic rings. The molecule has 6 nitrogen and oxygen atoms in total. The highest BCUT2D eigenvalue weighted by atomic mass is 19.1. The third-order valence-electron chi connectivity index (χ3n) is 2.85. The van der Waals surface area contributed by atoms with E-state index < -0.39 is 23.5 Å². The van der Waals surface area contributed by atoms with Crippen molar-refractivity contribution in [3.05, 3.63) is 42.5 Å². The number of benzene rings is 1. The van der Waals surface area contributed by atoms with E-state index in [1.807, 2.05) is 0 Å². The van der Waals surface area contributed by atoms with E-state index in [2.05, 4.69) is 10.1 Å². The Labute approximate surface area is 126 Å². The van der Waals surface area contributed by atoms with Crippen LogP contribution in [0.5, 0.6) is 5.75 Å². The van der Waals surface area contributed by atoms with E-state index in [-0.39, 0.29) is 5.56 Å². The van der Waals surface area contributed by atoms with Gasteiger partial charge in [0.05, 0.1) is 5.41 Å². The molecule has 2 rings (SSSR count). The summed E-state index contributed by atoms with van der Waals surface area (Å²) in [5.41, 5.74) is -0.482. The Morgan fingerprint density at radius 2 is 1.86 bits per heavy atom. The van der Waals surface area contributed by atoms with Gasteiger partial charge in [-0.15, -0.1) is 0 Å². The molecule has 0 N–H and O–H groups in total. The van der Waals surface area contributed by atoms with Crippen molar-refractivity contribution in [3.63, 3.8) is 0 Å². The van der Waals surface area contributed by atoms with E-state index in [4.69, 9.17) is 4.74 Å². The Morgan fingerprint density at radius 3 is 2.36 bits per heavy atom. The fourth-order valence-corrected chi connectivity index (χ4v) is 1.54. The van der Waals surface area contributed by atoms with Crippen LogP contribution in [0.3, 0.4) is 0 Å². The molecule has 0 amide bonds. The lowest BCUT2D eigenvalue weighted by Gasteiger charge is -2.16. The highest BCUT2D eigenvalue weighted by Gasteiger charge is 2.24. The third kappa shape index (κ3) is 3.55. The van der Waals surface area contributed by atoms with Crippen molar-refractivity contribution in [2.24, 2.45) is 5.41 Å². The van der Waals surface area contributed by atoms with Gasteiger partial charge in [0, 0.05) is 5.56 Å². The number of halogens is 1. The fraction of sp³-hybridized carbons (Fsp3) is 0.333. The fourth-order valence-electron chi connectivity index (χ4n) is 1.54. The molecule has 0 bridgehead atoms. The number of Topliss-reactive ketones (excluding diaryl/α,β-unsaturated/α-hetero) is 1. The number of hydrogen-bond donors (Lipinski definition) is 0. The van der Waals surface area contributed by atoms with Gasteiger partial charge in [-0.25, -0.2) is 14.1 Å². The molecule has 0 spiro atoms. The molecule has 22 heavy (non-hydrogen) atoms. The number of ketones is 1. The first kappa shape index (κ1) is 15.8. The van der Waals surface area contributed by atoms with Crippen LogP contribution in [0.15, 0.2) is 36.9 Å². The molecule has 0 radical (unpaired) electrons. The quantitative estimate of drug-likeness (QED) is 0.493. The summed E-state index contributed by atoms with van der Waals surface area (Å²) in [4.78, 5) is 27.3. The van der Waals surface area contributed by atoms with Crippen LogP contribution in [0, 0.1) is 5.41 Å². The van der Waals surface area contributed by atoms with Crippen molar-refractivity contribution in [2.75, 3.05) is 0 Å². The minimum absolute atomic E-state index is 0.151. The van der Waals surface area contributed by atoms with Gasteiger partial charge in [-0.05, 0) is 45.0 Å². The number of alkyl halides is 1. The second-order valence-electron chi connectivity index (χ2n) is 5.74. The smallest absolute Gasteiger partial charge is 0.316 e. The van der Waals surface area contributed by atoms with Gasteiger partial charge in [0.25, 0.3) is 6.30 Å². The van der Waals surface area contributed by atoms with Crippen molar-refractivity contribution < 1.29 is 18.7 Å². The summed E-state index contributed by atoms with van der Waals surface area (Å²) >= 11 is 0. The van der Waals surface area contributed by atoms with Crippen molar-refractivity contribution in [3.8, 4) is 5.75 Å². The Balaban J connectivity index is 2.09. The summed E-state index contributed by atoms with van der Waals surface area (Å²) < 4.78 is 19.9. The number of carbonyl (C=O) groups is 2. The predicted octanol–water partition coefficient (Wildman–Crippen LogP) is 2.58. The molecule has 0 aliphatic carbocycles. The molecule has 0 saturated carbocycles. The summed E-state index contributed by atoms with van der Waals surface area (Å²) in [5.74, 6) is -0.843. The van der Waals surface area contributed by atoms with Crippen LogP contribution >= 0.6 is 0 Å². The van der Waals surface area contributed by atoms with Crippen LogP contribution in [0.1, 0.15) is 37.4 Å². The second kappa shape index (κ2) is 6.05. The van der Waals surface area contributed by atoms with Crippen LogP contribution in [0.2, 0.25) is 0 Å². The van der Waals surface area contributed by atoms with Crippen molar-refractivity contribution in [2.45, 2.75) is 27.1 Å². The van der Waals surface area contributed by atoms with Crippen molar-refractivity contribution in [1.82, 2.24) is 14.8 Å². The zero-order valence-electron chi connectivity index (χ0n) is 12.5. The Hall–Kier alpha value is -2.57. The van der Waals surface area contributed by atoms with Gasteiger partial charge >= 0.3 is 5.97 Å². The lowest BCUT2D eigenvalue weighted by Crippen LogP contribution is -2.25. The van der Waals surface area contributed by atoms with E-state index in [9.17, 15) is 14.0 Å². The molecule has 0 aliphatic rings. The van der Waals surface area contributed by atoms with E-state index in [1.165, 1.54) is 24.3 Å². The minimum atomic E-state index is -1.94. The van der Waals surface area contributed by atoms with Gasteiger partial charge in [0.1, 0.15) is 18.4 Å². The van der Waals surface area contributed by atoms with Crippen molar-refractivity contribution >= 4 is 11.8 Å². The normalized spacial score (nSPS) is 12.7. The summed E-state index contributed by atoms with van der Waals surface area (Å²) in [6, 6.07) is 5.70. The third-order valence-corrected chi connectivity index (χ3v) is 2.85.